The highest BCUT2D eigenvalue weighted by Crippen LogP contribution is 2.27. The fourth-order valence-corrected chi connectivity index (χ4v) is 3.49. The highest BCUT2D eigenvalue weighted by Gasteiger charge is 2.35. The van der Waals surface area contributed by atoms with Crippen molar-refractivity contribution in [3.63, 3.8) is 0 Å². The molecule has 0 aromatic heterocycles. The van der Waals surface area contributed by atoms with Crippen LogP contribution in [0.5, 0.6) is 11.5 Å². The number of nitrogens with zero attached hydrogens (tertiary/aromatic N) is 2. The Kier molecular flexibility index (Phi) is 4.86. The lowest BCUT2D eigenvalue weighted by molar-refractivity contribution is 0.0514. The van der Waals surface area contributed by atoms with Crippen molar-refractivity contribution < 1.29 is 14.2 Å². The van der Waals surface area contributed by atoms with Crippen LogP contribution in [-0.2, 0) is 11.3 Å². The van der Waals surface area contributed by atoms with Gasteiger partial charge in [-0.15, -0.1) is 0 Å². The van der Waals surface area contributed by atoms with Gasteiger partial charge in [-0.1, -0.05) is 0 Å². The molecule has 2 saturated heterocycles. The van der Waals surface area contributed by atoms with Gasteiger partial charge in [0.2, 0.25) is 0 Å². The Morgan fingerprint density at radius 2 is 1.82 bits per heavy atom. The molecule has 2 aliphatic rings. The summed E-state index contributed by atoms with van der Waals surface area (Å²) >= 11 is 0. The van der Waals surface area contributed by atoms with Crippen molar-refractivity contribution >= 4 is 0 Å². The first-order chi connectivity index (χ1) is 10.7. The molecule has 122 valence electrons. The number of hydrogen-bond acceptors (Lipinski definition) is 5. The van der Waals surface area contributed by atoms with Crippen LogP contribution in [0.15, 0.2) is 18.2 Å². The average Bonchev–Trinajstić information content (AvgIpc) is 2.79. The van der Waals surface area contributed by atoms with E-state index in [1.165, 1.54) is 5.56 Å². The Morgan fingerprint density at radius 3 is 2.50 bits per heavy atom. The normalized spacial score (nSPS) is 26.5. The van der Waals surface area contributed by atoms with Crippen LogP contribution in [-0.4, -0.2) is 70.0 Å². The first-order valence-corrected chi connectivity index (χ1v) is 7.92. The SMILES string of the molecule is COc1cc(CN2C[C@H]3CN(C)CCO[C@H]3C2)cc(OC)c1. The quantitative estimate of drug-likeness (QED) is 0.841. The maximum atomic E-state index is 6.02. The fourth-order valence-electron chi connectivity index (χ4n) is 3.49. The molecule has 0 N–H and O–H groups in total. The van der Waals surface area contributed by atoms with E-state index < -0.39 is 0 Å². The van der Waals surface area contributed by atoms with Crippen molar-refractivity contribution in [3.8, 4) is 11.5 Å². The molecule has 0 bridgehead atoms. The molecule has 5 nitrogen and oxygen atoms in total. The minimum Gasteiger partial charge on any atom is -0.497 e. The monoisotopic (exact) mass is 306 g/mol. The second kappa shape index (κ2) is 6.86. The molecular weight excluding hydrogens is 280 g/mol. The standard InChI is InChI=1S/C17H26N2O3/c1-18-4-5-22-17-12-19(11-14(17)10-18)9-13-6-15(20-2)8-16(7-13)21-3/h6-8,14,17H,4-5,9-12H2,1-3H3/t14-,17+/m1/s1. The van der Waals surface area contributed by atoms with Crippen LogP contribution in [0.1, 0.15) is 5.56 Å². The van der Waals surface area contributed by atoms with Crippen LogP contribution in [0.25, 0.3) is 0 Å². The summed E-state index contributed by atoms with van der Waals surface area (Å²) in [4.78, 5) is 4.85. The molecule has 2 atom stereocenters. The lowest BCUT2D eigenvalue weighted by atomic mass is 10.1. The topological polar surface area (TPSA) is 34.2 Å². The molecule has 22 heavy (non-hydrogen) atoms. The van der Waals surface area contributed by atoms with Crippen molar-refractivity contribution in [3.05, 3.63) is 23.8 Å². The zero-order valence-electron chi connectivity index (χ0n) is 13.7. The van der Waals surface area contributed by atoms with Gasteiger partial charge in [0.15, 0.2) is 0 Å². The van der Waals surface area contributed by atoms with E-state index in [0.29, 0.717) is 12.0 Å². The van der Waals surface area contributed by atoms with Gasteiger partial charge in [0.1, 0.15) is 11.5 Å². The third-order valence-corrected chi connectivity index (χ3v) is 4.63. The van der Waals surface area contributed by atoms with E-state index in [4.69, 9.17) is 14.2 Å². The van der Waals surface area contributed by atoms with Gasteiger partial charge in [-0.25, -0.2) is 0 Å². The third-order valence-electron chi connectivity index (χ3n) is 4.63. The Hall–Kier alpha value is -1.30. The smallest absolute Gasteiger partial charge is 0.122 e. The Labute approximate surface area is 132 Å². The molecule has 2 fully saturated rings. The van der Waals surface area contributed by atoms with E-state index in [1.807, 2.05) is 6.07 Å². The summed E-state index contributed by atoms with van der Waals surface area (Å²) in [6.07, 6.45) is 0.373. The summed E-state index contributed by atoms with van der Waals surface area (Å²) in [5.74, 6) is 2.30. The molecule has 0 spiro atoms. The molecule has 1 aromatic rings. The van der Waals surface area contributed by atoms with Gasteiger partial charge in [0, 0.05) is 44.7 Å². The number of fused-ring (bicyclic) bond motifs is 1. The van der Waals surface area contributed by atoms with Crippen LogP contribution < -0.4 is 9.47 Å². The summed E-state index contributed by atoms with van der Waals surface area (Å²) in [5, 5.41) is 0. The summed E-state index contributed by atoms with van der Waals surface area (Å²) in [5.41, 5.74) is 1.22. The van der Waals surface area contributed by atoms with Gasteiger partial charge in [-0.3, -0.25) is 4.90 Å². The molecule has 0 radical (unpaired) electrons. The lowest BCUT2D eigenvalue weighted by Gasteiger charge is -2.19. The minimum absolute atomic E-state index is 0.373. The van der Waals surface area contributed by atoms with E-state index in [9.17, 15) is 0 Å². The number of rotatable bonds is 4. The lowest BCUT2D eigenvalue weighted by Crippen LogP contribution is -2.29. The minimum atomic E-state index is 0.373. The predicted molar refractivity (Wildman–Crippen MR) is 85.6 cm³/mol. The number of likely N-dealkylation sites (N-methyl/N-ethyl adjacent to an activating group) is 1. The Morgan fingerprint density at radius 1 is 1.09 bits per heavy atom. The third kappa shape index (κ3) is 3.54. The van der Waals surface area contributed by atoms with Crippen molar-refractivity contribution in [1.29, 1.82) is 0 Å². The zero-order valence-corrected chi connectivity index (χ0v) is 13.7. The van der Waals surface area contributed by atoms with Gasteiger partial charge in [0.05, 0.1) is 26.9 Å². The van der Waals surface area contributed by atoms with E-state index in [-0.39, 0.29) is 0 Å². The van der Waals surface area contributed by atoms with E-state index in [2.05, 4.69) is 29.0 Å². The molecule has 5 heteroatoms. The largest absolute Gasteiger partial charge is 0.497 e. The Bertz CT molecular complexity index is 486. The molecular formula is C17H26N2O3. The molecule has 0 saturated carbocycles. The summed E-state index contributed by atoms with van der Waals surface area (Å²) < 4.78 is 16.7. The van der Waals surface area contributed by atoms with Crippen LogP contribution in [0.4, 0.5) is 0 Å². The highest BCUT2D eigenvalue weighted by molar-refractivity contribution is 5.38. The summed E-state index contributed by atoms with van der Waals surface area (Å²) in [7, 11) is 5.56. The predicted octanol–water partition coefficient (Wildman–Crippen LogP) is 1.47. The van der Waals surface area contributed by atoms with Gasteiger partial charge in [0.25, 0.3) is 0 Å². The maximum absolute atomic E-state index is 6.02. The first-order valence-electron chi connectivity index (χ1n) is 7.92. The van der Waals surface area contributed by atoms with Crippen molar-refractivity contribution in [2.75, 3.05) is 54.1 Å². The highest BCUT2D eigenvalue weighted by atomic mass is 16.5. The van der Waals surface area contributed by atoms with Gasteiger partial charge in [-0.2, -0.15) is 0 Å². The second-order valence-electron chi connectivity index (χ2n) is 6.35. The van der Waals surface area contributed by atoms with Crippen LogP contribution >= 0.6 is 0 Å². The maximum Gasteiger partial charge on any atom is 0.122 e. The Balaban J connectivity index is 1.67. The van der Waals surface area contributed by atoms with E-state index >= 15 is 0 Å². The number of hydrogen-bond donors (Lipinski definition) is 0. The molecule has 1 aromatic carbocycles. The van der Waals surface area contributed by atoms with Crippen molar-refractivity contribution in [2.24, 2.45) is 5.92 Å². The van der Waals surface area contributed by atoms with Gasteiger partial charge >= 0.3 is 0 Å². The number of likely N-dealkylation sites (tertiary alicyclic amines) is 1. The molecule has 2 heterocycles. The fraction of sp³-hybridized carbons (Fsp3) is 0.647. The van der Waals surface area contributed by atoms with E-state index in [1.54, 1.807) is 14.2 Å². The molecule has 2 aliphatic heterocycles. The van der Waals surface area contributed by atoms with Gasteiger partial charge < -0.3 is 19.1 Å². The molecule has 0 amide bonds. The zero-order chi connectivity index (χ0) is 15.5. The number of methoxy groups -OCH3 is 2. The number of ether oxygens (including phenoxy) is 3. The van der Waals surface area contributed by atoms with Crippen LogP contribution in [0, 0.1) is 5.92 Å². The summed E-state index contributed by atoms with van der Waals surface area (Å²) in [6, 6.07) is 6.09. The first kappa shape index (κ1) is 15.6. The number of benzene rings is 1. The molecule has 0 aliphatic carbocycles. The second-order valence-corrected chi connectivity index (χ2v) is 6.35. The van der Waals surface area contributed by atoms with Crippen LogP contribution in [0.3, 0.4) is 0 Å². The average molecular weight is 306 g/mol. The van der Waals surface area contributed by atoms with Crippen molar-refractivity contribution in [1.82, 2.24) is 9.80 Å². The van der Waals surface area contributed by atoms with Crippen LogP contribution in [0.2, 0.25) is 0 Å². The van der Waals surface area contributed by atoms with Gasteiger partial charge in [-0.05, 0) is 24.7 Å². The summed E-state index contributed by atoms with van der Waals surface area (Å²) in [6.45, 7) is 6.03. The molecule has 3 rings (SSSR count). The van der Waals surface area contributed by atoms with E-state index in [0.717, 1.165) is 50.8 Å². The van der Waals surface area contributed by atoms with Crippen molar-refractivity contribution in [2.45, 2.75) is 12.6 Å². The molecule has 0 unspecified atom stereocenters.